The SMILES string of the molecule is CCCN1CCN([C@@H]2CCc3c(c(C(=O)O)nn3CCC)C2)CC1. The van der Waals surface area contributed by atoms with Crippen molar-refractivity contribution in [3.63, 3.8) is 0 Å². The number of rotatable bonds is 6. The maximum absolute atomic E-state index is 11.6. The third-order valence-electron chi connectivity index (χ3n) is 5.42. The molecule has 1 aromatic rings. The lowest BCUT2D eigenvalue weighted by Gasteiger charge is -2.40. The van der Waals surface area contributed by atoms with Crippen molar-refractivity contribution >= 4 is 5.97 Å². The molecule has 0 amide bonds. The van der Waals surface area contributed by atoms with E-state index >= 15 is 0 Å². The van der Waals surface area contributed by atoms with Gasteiger partial charge in [-0.05, 0) is 38.6 Å². The Balaban J connectivity index is 1.71. The first-order chi connectivity index (χ1) is 11.6. The number of nitrogens with zero attached hydrogens (tertiary/aromatic N) is 4. The molecule has 0 unspecified atom stereocenters. The minimum Gasteiger partial charge on any atom is -0.476 e. The normalized spacial score (nSPS) is 22.5. The van der Waals surface area contributed by atoms with Gasteiger partial charge in [0.25, 0.3) is 0 Å². The number of hydrogen-bond acceptors (Lipinski definition) is 4. The van der Waals surface area contributed by atoms with Gasteiger partial charge >= 0.3 is 5.97 Å². The standard InChI is InChI=1S/C18H30N4O2/c1-3-7-20-9-11-21(12-10-20)14-5-6-16-15(13-14)17(18(23)24)19-22(16)8-4-2/h14H,3-13H2,1-2H3,(H,23,24)/t14-/m1/s1. The number of carbonyl (C=O) groups is 1. The van der Waals surface area contributed by atoms with Crippen LogP contribution >= 0.6 is 0 Å². The second-order valence-corrected chi connectivity index (χ2v) is 7.08. The Hall–Kier alpha value is -1.40. The Kier molecular flexibility index (Phi) is 5.56. The third-order valence-corrected chi connectivity index (χ3v) is 5.42. The van der Waals surface area contributed by atoms with Gasteiger partial charge < -0.3 is 10.0 Å². The number of carboxylic acids is 1. The summed E-state index contributed by atoms with van der Waals surface area (Å²) in [6, 6.07) is 0.471. The van der Waals surface area contributed by atoms with Crippen LogP contribution in [-0.2, 0) is 19.4 Å². The van der Waals surface area contributed by atoms with E-state index in [0.717, 1.165) is 69.7 Å². The number of hydrogen-bond donors (Lipinski definition) is 1. The zero-order chi connectivity index (χ0) is 17.1. The van der Waals surface area contributed by atoms with Crippen molar-refractivity contribution in [3.05, 3.63) is 17.0 Å². The molecule has 0 bridgehead atoms. The molecule has 0 saturated carbocycles. The largest absolute Gasteiger partial charge is 0.476 e. The Morgan fingerprint density at radius 1 is 1.17 bits per heavy atom. The number of aromatic carboxylic acids is 1. The average Bonchev–Trinajstić information content (AvgIpc) is 2.94. The highest BCUT2D eigenvalue weighted by Crippen LogP contribution is 2.28. The molecule has 1 N–H and O–H groups in total. The zero-order valence-corrected chi connectivity index (χ0v) is 15.0. The van der Waals surface area contributed by atoms with Gasteiger partial charge in [0.1, 0.15) is 0 Å². The van der Waals surface area contributed by atoms with Crippen molar-refractivity contribution in [2.75, 3.05) is 32.7 Å². The molecule has 1 fully saturated rings. The van der Waals surface area contributed by atoms with E-state index in [9.17, 15) is 9.90 Å². The summed E-state index contributed by atoms with van der Waals surface area (Å²) in [4.78, 5) is 16.7. The van der Waals surface area contributed by atoms with E-state index in [1.165, 1.54) is 13.0 Å². The predicted octanol–water partition coefficient (Wildman–Crippen LogP) is 1.88. The Morgan fingerprint density at radius 3 is 2.50 bits per heavy atom. The highest BCUT2D eigenvalue weighted by molar-refractivity contribution is 5.87. The number of carboxylic acid groups (broad SMARTS) is 1. The minimum atomic E-state index is -0.880. The van der Waals surface area contributed by atoms with Gasteiger partial charge in [-0.3, -0.25) is 9.58 Å². The van der Waals surface area contributed by atoms with Crippen LogP contribution in [0.15, 0.2) is 0 Å². The molecule has 1 atom stereocenters. The van der Waals surface area contributed by atoms with Crippen molar-refractivity contribution in [2.45, 2.75) is 58.5 Å². The first-order valence-electron chi connectivity index (χ1n) is 9.42. The molecular weight excluding hydrogens is 304 g/mol. The summed E-state index contributed by atoms with van der Waals surface area (Å²) < 4.78 is 1.94. The van der Waals surface area contributed by atoms with Gasteiger partial charge in [-0.15, -0.1) is 0 Å². The van der Waals surface area contributed by atoms with E-state index < -0.39 is 5.97 Å². The van der Waals surface area contributed by atoms with Crippen molar-refractivity contribution in [1.29, 1.82) is 0 Å². The maximum atomic E-state index is 11.6. The number of aromatic nitrogens is 2. The van der Waals surface area contributed by atoms with Gasteiger partial charge in [-0.1, -0.05) is 13.8 Å². The fourth-order valence-corrected chi connectivity index (χ4v) is 4.22. The summed E-state index contributed by atoms with van der Waals surface area (Å²) >= 11 is 0. The summed E-state index contributed by atoms with van der Waals surface area (Å²) in [6.45, 7) is 10.8. The first kappa shape index (κ1) is 17.4. The highest BCUT2D eigenvalue weighted by atomic mass is 16.4. The average molecular weight is 334 g/mol. The molecule has 0 radical (unpaired) electrons. The molecule has 3 rings (SSSR count). The molecule has 24 heavy (non-hydrogen) atoms. The molecule has 2 aliphatic rings. The second-order valence-electron chi connectivity index (χ2n) is 7.08. The molecule has 1 aliphatic heterocycles. The molecule has 1 saturated heterocycles. The van der Waals surface area contributed by atoms with Gasteiger partial charge in [-0.2, -0.15) is 5.10 Å². The minimum absolute atomic E-state index is 0.285. The highest BCUT2D eigenvalue weighted by Gasteiger charge is 2.32. The predicted molar refractivity (Wildman–Crippen MR) is 93.6 cm³/mol. The maximum Gasteiger partial charge on any atom is 0.356 e. The monoisotopic (exact) mass is 334 g/mol. The summed E-state index contributed by atoms with van der Waals surface area (Å²) in [5, 5.41) is 13.9. The van der Waals surface area contributed by atoms with Crippen molar-refractivity contribution in [1.82, 2.24) is 19.6 Å². The van der Waals surface area contributed by atoms with E-state index in [0.29, 0.717) is 6.04 Å². The lowest BCUT2D eigenvalue weighted by Crippen LogP contribution is -2.51. The Morgan fingerprint density at radius 2 is 1.88 bits per heavy atom. The number of aryl methyl sites for hydroxylation is 1. The third kappa shape index (κ3) is 3.49. The fraction of sp³-hybridized carbons (Fsp3) is 0.778. The van der Waals surface area contributed by atoms with Crippen LogP contribution in [0.1, 0.15) is 54.9 Å². The van der Waals surface area contributed by atoms with Crippen LogP contribution < -0.4 is 0 Å². The van der Waals surface area contributed by atoms with Crippen LogP contribution in [-0.4, -0.2) is 69.4 Å². The molecule has 0 aromatic carbocycles. The molecule has 134 valence electrons. The van der Waals surface area contributed by atoms with E-state index in [-0.39, 0.29) is 5.69 Å². The molecule has 6 nitrogen and oxygen atoms in total. The van der Waals surface area contributed by atoms with Crippen LogP contribution in [0.25, 0.3) is 0 Å². The lowest BCUT2D eigenvalue weighted by atomic mass is 9.90. The topological polar surface area (TPSA) is 61.6 Å². The summed E-state index contributed by atoms with van der Waals surface area (Å²) in [6.07, 6.45) is 5.11. The summed E-state index contributed by atoms with van der Waals surface area (Å²) in [5.41, 5.74) is 2.44. The van der Waals surface area contributed by atoms with Crippen molar-refractivity contribution < 1.29 is 9.90 Å². The van der Waals surface area contributed by atoms with Crippen molar-refractivity contribution in [2.24, 2.45) is 0 Å². The Labute approximate surface area is 144 Å². The lowest BCUT2D eigenvalue weighted by molar-refractivity contribution is 0.0685. The second kappa shape index (κ2) is 7.66. The molecule has 1 aliphatic carbocycles. The van der Waals surface area contributed by atoms with Crippen LogP contribution in [0.5, 0.6) is 0 Å². The van der Waals surface area contributed by atoms with Crippen molar-refractivity contribution in [3.8, 4) is 0 Å². The molecular formula is C18H30N4O2. The summed E-state index contributed by atoms with van der Waals surface area (Å²) in [5.74, 6) is -0.880. The van der Waals surface area contributed by atoms with Crippen LogP contribution in [0.2, 0.25) is 0 Å². The number of piperazine rings is 1. The quantitative estimate of drug-likeness (QED) is 0.861. The Bertz CT molecular complexity index is 576. The molecule has 0 spiro atoms. The van der Waals surface area contributed by atoms with E-state index in [2.05, 4.69) is 28.7 Å². The van der Waals surface area contributed by atoms with E-state index in [1.807, 2.05) is 4.68 Å². The molecule has 1 aromatic heterocycles. The van der Waals surface area contributed by atoms with Crippen LogP contribution in [0.3, 0.4) is 0 Å². The molecule has 2 heterocycles. The van der Waals surface area contributed by atoms with E-state index in [4.69, 9.17) is 0 Å². The van der Waals surface area contributed by atoms with Gasteiger partial charge in [0.2, 0.25) is 0 Å². The fourth-order valence-electron chi connectivity index (χ4n) is 4.22. The van der Waals surface area contributed by atoms with Gasteiger partial charge in [-0.25, -0.2) is 4.79 Å². The summed E-state index contributed by atoms with van der Waals surface area (Å²) in [7, 11) is 0. The molecule has 6 heteroatoms. The zero-order valence-electron chi connectivity index (χ0n) is 15.0. The first-order valence-corrected chi connectivity index (χ1v) is 9.42. The van der Waals surface area contributed by atoms with E-state index in [1.54, 1.807) is 0 Å². The van der Waals surface area contributed by atoms with Crippen LogP contribution in [0, 0.1) is 0 Å². The number of fused-ring (bicyclic) bond motifs is 1. The van der Waals surface area contributed by atoms with Gasteiger partial charge in [0.05, 0.1) is 0 Å². The smallest absolute Gasteiger partial charge is 0.356 e. The van der Waals surface area contributed by atoms with Gasteiger partial charge in [0.15, 0.2) is 5.69 Å². The van der Waals surface area contributed by atoms with Crippen LogP contribution in [0.4, 0.5) is 0 Å². The van der Waals surface area contributed by atoms with Gasteiger partial charge in [0, 0.05) is 50.0 Å².